The van der Waals surface area contributed by atoms with Crippen LogP contribution in [-0.2, 0) is 14.8 Å². The molecule has 0 saturated heterocycles. The molecule has 0 aliphatic heterocycles. The molecule has 0 aliphatic carbocycles. The van der Waals surface area contributed by atoms with Gasteiger partial charge in [-0.3, -0.25) is 4.79 Å². The molecule has 1 amide bonds. The Kier molecular flexibility index (Phi) is 6.62. The number of carbonyl (C=O) groups is 1. The molecule has 2 aromatic carbocycles. The number of amides is 1. The van der Waals surface area contributed by atoms with Crippen molar-refractivity contribution in [2.75, 3.05) is 25.1 Å². The van der Waals surface area contributed by atoms with Crippen molar-refractivity contribution in [1.82, 2.24) is 4.72 Å². The van der Waals surface area contributed by atoms with E-state index >= 15 is 0 Å². The van der Waals surface area contributed by atoms with Crippen LogP contribution in [0.15, 0.2) is 41.3 Å². The van der Waals surface area contributed by atoms with Gasteiger partial charge in [0.15, 0.2) is 0 Å². The quantitative estimate of drug-likeness (QED) is 0.789. The molecule has 2 rings (SSSR count). The van der Waals surface area contributed by atoms with Gasteiger partial charge in [-0.05, 0) is 61.7 Å². The highest BCUT2D eigenvalue weighted by Gasteiger charge is 2.19. The van der Waals surface area contributed by atoms with Crippen molar-refractivity contribution >= 4 is 21.6 Å². The van der Waals surface area contributed by atoms with Gasteiger partial charge in [0.05, 0.1) is 12.0 Å². The SMILES string of the molecule is COc1cc(C)c(S(=O)(=O)NCCN(C(C)=O)c2cccc(C)c2)cc1C. The number of benzene rings is 2. The van der Waals surface area contributed by atoms with Crippen molar-refractivity contribution < 1.29 is 17.9 Å². The molecule has 27 heavy (non-hydrogen) atoms. The normalized spacial score (nSPS) is 11.3. The molecule has 0 bridgehead atoms. The van der Waals surface area contributed by atoms with Crippen molar-refractivity contribution in [3.63, 3.8) is 0 Å². The summed E-state index contributed by atoms with van der Waals surface area (Å²) in [5, 5.41) is 0. The van der Waals surface area contributed by atoms with Gasteiger partial charge in [0, 0.05) is 25.7 Å². The summed E-state index contributed by atoms with van der Waals surface area (Å²) in [4.78, 5) is 13.8. The Balaban J connectivity index is 2.15. The number of hydrogen-bond donors (Lipinski definition) is 1. The molecule has 0 spiro atoms. The van der Waals surface area contributed by atoms with Crippen LogP contribution in [0.1, 0.15) is 23.6 Å². The zero-order valence-corrected chi connectivity index (χ0v) is 17.2. The van der Waals surface area contributed by atoms with E-state index in [0.717, 1.165) is 16.8 Å². The van der Waals surface area contributed by atoms with Crippen LogP contribution in [0.4, 0.5) is 5.69 Å². The van der Waals surface area contributed by atoms with Crippen LogP contribution < -0.4 is 14.4 Å². The van der Waals surface area contributed by atoms with Gasteiger partial charge in [0.1, 0.15) is 5.75 Å². The Morgan fingerprint density at radius 2 is 1.81 bits per heavy atom. The maximum Gasteiger partial charge on any atom is 0.240 e. The average molecular weight is 391 g/mol. The number of carbonyl (C=O) groups excluding carboxylic acids is 1. The Morgan fingerprint density at radius 3 is 2.41 bits per heavy atom. The lowest BCUT2D eigenvalue weighted by Crippen LogP contribution is -2.37. The Morgan fingerprint density at radius 1 is 1.11 bits per heavy atom. The van der Waals surface area contributed by atoms with Gasteiger partial charge < -0.3 is 9.64 Å². The number of aryl methyl sites for hydroxylation is 3. The second-order valence-electron chi connectivity index (χ2n) is 6.49. The molecule has 0 unspecified atom stereocenters. The molecule has 6 nitrogen and oxygen atoms in total. The van der Waals surface area contributed by atoms with Crippen LogP contribution in [0.3, 0.4) is 0 Å². The molecule has 2 aromatic rings. The van der Waals surface area contributed by atoms with Crippen LogP contribution in [-0.4, -0.2) is 34.5 Å². The first kappa shape index (κ1) is 20.9. The fourth-order valence-electron chi connectivity index (χ4n) is 2.91. The highest BCUT2D eigenvalue weighted by atomic mass is 32.2. The number of sulfonamides is 1. The van der Waals surface area contributed by atoms with E-state index in [1.807, 2.05) is 31.2 Å². The van der Waals surface area contributed by atoms with Crippen LogP contribution in [0, 0.1) is 20.8 Å². The fraction of sp³-hybridized carbons (Fsp3) is 0.350. The molecule has 0 aliphatic rings. The monoisotopic (exact) mass is 390 g/mol. The molecule has 0 radical (unpaired) electrons. The molecule has 0 aromatic heterocycles. The fourth-order valence-corrected chi connectivity index (χ4v) is 4.24. The molecule has 1 N–H and O–H groups in total. The van der Waals surface area contributed by atoms with Crippen LogP contribution in [0.25, 0.3) is 0 Å². The predicted octanol–water partition coefficient (Wildman–Crippen LogP) is 2.95. The summed E-state index contributed by atoms with van der Waals surface area (Å²) in [5.41, 5.74) is 3.13. The maximum absolute atomic E-state index is 12.7. The Bertz CT molecular complexity index is 939. The van der Waals surface area contributed by atoms with Crippen LogP contribution in [0.2, 0.25) is 0 Å². The third-order valence-electron chi connectivity index (χ3n) is 4.30. The summed E-state index contributed by atoms with van der Waals surface area (Å²) in [5.74, 6) is 0.505. The second-order valence-corrected chi connectivity index (χ2v) is 8.23. The average Bonchev–Trinajstić information content (AvgIpc) is 2.59. The summed E-state index contributed by atoms with van der Waals surface area (Å²) in [6.07, 6.45) is 0. The highest BCUT2D eigenvalue weighted by Crippen LogP contribution is 2.25. The van der Waals surface area contributed by atoms with E-state index in [9.17, 15) is 13.2 Å². The lowest BCUT2D eigenvalue weighted by atomic mass is 10.1. The molecular formula is C20H26N2O4S. The summed E-state index contributed by atoms with van der Waals surface area (Å²) < 4.78 is 33.2. The number of rotatable bonds is 7. The molecule has 7 heteroatoms. The second kappa shape index (κ2) is 8.54. The number of nitrogens with zero attached hydrogens (tertiary/aromatic N) is 1. The third-order valence-corrected chi connectivity index (χ3v) is 5.91. The summed E-state index contributed by atoms with van der Waals surface area (Å²) in [7, 11) is -2.14. The predicted molar refractivity (Wildman–Crippen MR) is 107 cm³/mol. The van der Waals surface area contributed by atoms with Crippen LogP contribution in [0.5, 0.6) is 5.75 Å². The van der Waals surface area contributed by atoms with Gasteiger partial charge >= 0.3 is 0 Å². The Hall–Kier alpha value is -2.38. The molecule has 146 valence electrons. The van der Waals surface area contributed by atoms with E-state index in [-0.39, 0.29) is 23.9 Å². The smallest absolute Gasteiger partial charge is 0.240 e. The summed E-state index contributed by atoms with van der Waals surface area (Å²) in [6.45, 7) is 7.29. The van der Waals surface area contributed by atoms with Gasteiger partial charge in [-0.1, -0.05) is 12.1 Å². The highest BCUT2D eigenvalue weighted by molar-refractivity contribution is 7.89. The van der Waals surface area contributed by atoms with Crippen molar-refractivity contribution in [1.29, 1.82) is 0 Å². The zero-order chi connectivity index (χ0) is 20.2. The van der Waals surface area contributed by atoms with Crippen molar-refractivity contribution in [2.24, 2.45) is 0 Å². The van der Waals surface area contributed by atoms with Gasteiger partial charge in [0.25, 0.3) is 0 Å². The van der Waals surface area contributed by atoms with Gasteiger partial charge in [0.2, 0.25) is 15.9 Å². The van der Waals surface area contributed by atoms with Crippen molar-refractivity contribution in [3.8, 4) is 5.75 Å². The maximum atomic E-state index is 12.7. The number of methoxy groups -OCH3 is 1. The zero-order valence-electron chi connectivity index (χ0n) is 16.4. The Labute approximate surface area is 161 Å². The van der Waals surface area contributed by atoms with E-state index in [4.69, 9.17) is 4.74 Å². The largest absolute Gasteiger partial charge is 0.496 e. The standard InChI is InChI=1S/C20H26N2O4S/c1-14-7-6-8-18(11-14)22(17(4)23)10-9-21-27(24,25)20-13-15(2)19(26-5)12-16(20)3/h6-8,11-13,21H,9-10H2,1-5H3. The third kappa shape index (κ3) is 5.08. The first-order valence-electron chi connectivity index (χ1n) is 8.65. The topological polar surface area (TPSA) is 75.7 Å². The number of nitrogens with one attached hydrogen (secondary N) is 1. The minimum Gasteiger partial charge on any atom is -0.496 e. The molecule has 0 atom stereocenters. The van der Waals surface area contributed by atoms with E-state index in [2.05, 4.69) is 4.72 Å². The number of ether oxygens (including phenoxy) is 1. The van der Waals surface area contributed by atoms with E-state index in [0.29, 0.717) is 11.3 Å². The van der Waals surface area contributed by atoms with E-state index < -0.39 is 10.0 Å². The summed E-state index contributed by atoms with van der Waals surface area (Å²) in [6, 6.07) is 10.8. The first-order chi connectivity index (χ1) is 12.7. The minimum absolute atomic E-state index is 0.111. The molecule has 0 heterocycles. The lowest BCUT2D eigenvalue weighted by molar-refractivity contribution is -0.116. The minimum atomic E-state index is -3.69. The number of anilines is 1. The lowest BCUT2D eigenvalue weighted by Gasteiger charge is -2.22. The first-order valence-corrected chi connectivity index (χ1v) is 10.1. The van der Waals surface area contributed by atoms with Gasteiger partial charge in [-0.15, -0.1) is 0 Å². The van der Waals surface area contributed by atoms with Crippen LogP contribution >= 0.6 is 0 Å². The van der Waals surface area contributed by atoms with E-state index in [1.165, 1.54) is 6.92 Å². The van der Waals surface area contributed by atoms with Gasteiger partial charge in [-0.2, -0.15) is 0 Å². The van der Waals surface area contributed by atoms with E-state index in [1.54, 1.807) is 38.0 Å². The molecule has 0 saturated carbocycles. The number of hydrogen-bond acceptors (Lipinski definition) is 4. The summed E-state index contributed by atoms with van der Waals surface area (Å²) >= 11 is 0. The molecular weight excluding hydrogens is 364 g/mol. The molecule has 0 fully saturated rings. The van der Waals surface area contributed by atoms with Crippen molar-refractivity contribution in [2.45, 2.75) is 32.6 Å². The van der Waals surface area contributed by atoms with Crippen molar-refractivity contribution in [3.05, 3.63) is 53.1 Å². The van der Waals surface area contributed by atoms with Gasteiger partial charge in [-0.25, -0.2) is 13.1 Å².